The molecule has 9 nitrogen and oxygen atoms in total. The molecule has 1 atom stereocenters. The maximum atomic E-state index is 14.0. The second-order valence-electron chi connectivity index (χ2n) is 10.7. The number of benzene rings is 2. The molecule has 1 saturated heterocycles. The number of hydrazone groups is 1. The van der Waals surface area contributed by atoms with Crippen LogP contribution in [-0.4, -0.2) is 92.5 Å². The van der Waals surface area contributed by atoms with Crippen LogP contribution in [0.15, 0.2) is 53.6 Å². The molecule has 2 amide bonds. The van der Waals surface area contributed by atoms with Crippen LogP contribution in [0.1, 0.15) is 49.3 Å². The summed E-state index contributed by atoms with van der Waals surface area (Å²) >= 11 is 0. The van der Waals surface area contributed by atoms with Crippen molar-refractivity contribution in [3.63, 3.8) is 0 Å². The number of nitrogens with zero attached hydrogens (tertiary/aromatic N) is 4. The van der Waals surface area contributed by atoms with Gasteiger partial charge in [-0.25, -0.2) is 5.01 Å². The van der Waals surface area contributed by atoms with Gasteiger partial charge in [-0.2, -0.15) is 5.10 Å². The van der Waals surface area contributed by atoms with E-state index in [4.69, 9.17) is 19.3 Å². The van der Waals surface area contributed by atoms with Crippen molar-refractivity contribution < 1.29 is 23.8 Å². The number of methoxy groups -OCH3 is 2. The highest BCUT2D eigenvalue weighted by Gasteiger charge is 2.37. The Kier molecular flexibility index (Phi) is 9.34. The van der Waals surface area contributed by atoms with E-state index >= 15 is 0 Å². The summed E-state index contributed by atoms with van der Waals surface area (Å²) in [5, 5.41) is 6.42. The minimum atomic E-state index is -0.340. The number of hydrogen-bond acceptors (Lipinski definition) is 7. The molecule has 214 valence electrons. The molecule has 9 heteroatoms. The number of amides is 2. The van der Waals surface area contributed by atoms with E-state index in [1.807, 2.05) is 48.5 Å². The number of morpholine rings is 1. The average molecular weight is 549 g/mol. The molecule has 5 rings (SSSR count). The molecule has 0 bridgehead atoms. The highest BCUT2D eigenvalue weighted by Crippen LogP contribution is 2.38. The van der Waals surface area contributed by atoms with Crippen molar-refractivity contribution in [2.24, 2.45) is 11.0 Å². The first-order chi connectivity index (χ1) is 19.6. The van der Waals surface area contributed by atoms with Crippen molar-refractivity contribution in [3.8, 4) is 11.5 Å². The maximum absolute atomic E-state index is 14.0. The van der Waals surface area contributed by atoms with E-state index in [2.05, 4.69) is 4.90 Å². The molecule has 2 aromatic rings. The summed E-state index contributed by atoms with van der Waals surface area (Å²) in [5.41, 5.74) is 2.59. The van der Waals surface area contributed by atoms with Gasteiger partial charge >= 0.3 is 0 Å². The highest BCUT2D eigenvalue weighted by atomic mass is 16.5. The van der Waals surface area contributed by atoms with E-state index < -0.39 is 0 Å². The first-order valence-corrected chi connectivity index (χ1v) is 14.3. The number of para-hydroxylation sites is 1. The van der Waals surface area contributed by atoms with Crippen LogP contribution in [0.25, 0.3) is 0 Å². The fourth-order valence-electron chi connectivity index (χ4n) is 5.92. The third-order valence-electron chi connectivity index (χ3n) is 8.20. The van der Waals surface area contributed by atoms with Gasteiger partial charge in [0.15, 0.2) is 0 Å². The Labute approximate surface area is 236 Å². The molecule has 2 fully saturated rings. The zero-order chi connectivity index (χ0) is 27.9. The molecule has 2 aliphatic heterocycles. The third-order valence-corrected chi connectivity index (χ3v) is 8.20. The molecule has 0 N–H and O–H groups in total. The summed E-state index contributed by atoms with van der Waals surface area (Å²) in [6, 6.07) is 15.1. The molecule has 1 unspecified atom stereocenters. The normalized spacial score (nSPS) is 19.9. The Morgan fingerprint density at radius 3 is 2.55 bits per heavy atom. The van der Waals surface area contributed by atoms with Gasteiger partial charge < -0.3 is 19.1 Å². The summed E-state index contributed by atoms with van der Waals surface area (Å²) in [6.07, 6.45) is 4.46. The van der Waals surface area contributed by atoms with Crippen LogP contribution in [-0.2, 0) is 14.3 Å². The summed E-state index contributed by atoms with van der Waals surface area (Å²) < 4.78 is 16.6. The Bertz CT molecular complexity index is 1210. The van der Waals surface area contributed by atoms with Crippen LogP contribution in [0, 0.1) is 5.92 Å². The molecule has 2 heterocycles. The maximum Gasteiger partial charge on any atom is 0.262 e. The minimum Gasteiger partial charge on any atom is -0.497 e. The van der Waals surface area contributed by atoms with Crippen molar-refractivity contribution in [1.82, 2.24) is 14.8 Å². The minimum absolute atomic E-state index is 0.000211. The van der Waals surface area contributed by atoms with Crippen LogP contribution < -0.4 is 9.47 Å². The Morgan fingerprint density at radius 2 is 1.80 bits per heavy atom. The first-order valence-electron chi connectivity index (χ1n) is 14.3. The largest absolute Gasteiger partial charge is 0.497 e. The van der Waals surface area contributed by atoms with E-state index in [0.717, 1.165) is 67.9 Å². The van der Waals surface area contributed by atoms with Gasteiger partial charge in [0.2, 0.25) is 5.91 Å². The van der Waals surface area contributed by atoms with Gasteiger partial charge in [-0.05, 0) is 31.0 Å². The number of hydrogen-bond donors (Lipinski definition) is 0. The molecular weight excluding hydrogens is 508 g/mol. The van der Waals surface area contributed by atoms with Crippen molar-refractivity contribution in [3.05, 3.63) is 59.7 Å². The van der Waals surface area contributed by atoms with E-state index in [1.165, 1.54) is 0 Å². The molecule has 0 radical (unpaired) electrons. The van der Waals surface area contributed by atoms with Crippen LogP contribution in [0.5, 0.6) is 11.5 Å². The van der Waals surface area contributed by atoms with Crippen LogP contribution in [0.3, 0.4) is 0 Å². The quantitative estimate of drug-likeness (QED) is 0.450. The smallest absolute Gasteiger partial charge is 0.262 e. The Morgan fingerprint density at radius 1 is 1.02 bits per heavy atom. The van der Waals surface area contributed by atoms with Gasteiger partial charge in [0.25, 0.3) is 5.91 Å². The summed E-state index contributed by atoms with van der Waals surface area (Å²) in [7, 11) is 3.27. The van der Waals surface area contributed by atoms with Gasteiger partial charge in [0.1, 0.15) is 18.0 Å². The van der Waals surface area contributed by atoms with Crippen LogP contribution >= 0.6 is 0 Å². The fraction of sp³-hybridized carbons (Fsp3) is 0.516. The lowest BCUT2D eigenvalue weighted by molar-refractivity contribution is -0.144. The SMILES string of the molecule is COc1cccc(C2=NN(C(=O)CN(CCN3CCOCC3)C(=O)C3CCCC3)C(c3ccccc3OC)C2)c1. The topological polar surface area (TPSA) is 83.9 Å². The first kappa shape index (κ1) is 28.1. The molecule has 40 heavy (non-hydrogen) atoms. The highest BCUT2D eigenvalue weighted by molar-refractivity contribution is 6.03. The molecule has 1 aliphatic carbocycles. The van der Waals surface area contributed by atoms with E-state index in [9.17, 15) is 9.59 Å². The van der Waals surface area contributed by atoms with Gasteiger partial charge in [0, 0.05) is 49.6 Å². The summed E-state index contributed by atoms with van der Waals surface area (Å²) in [4.78, 5) is 31.7. The number of ether oxygens (including phenoxy) is 3. The number of carbonyl (C=O) groups excluding carboxylic acids is 2. The third kappa shape index (κ3) is 6.47. The van der Waals surface area contributed by atoms with Gasteiger partial charge in [-0.1, -0.05) is 43.2 Å². The second kappa shape index (κ2) is 13.3. The molecule has 0 spiro atoms. The van der Waals surface area contributed by atoms with E-state index in [-0.39, 0.29) is 30.3 Å². The molecular formula is C31H40N4O5. The molecule has 3 aliphatic rings. The van der Waals surface area contributed by atoms with Gasteiger partial charge in [0.05, 0.1) is 39.2 Å². The fourth-order valence-corrected chi connectivity index (χ4v) is 5.92. The molecule has 2 aromatic carbocycles. The standard InChI is InChI=1S/C31H40N4O5/c1-38-25-11-7-10-24(20-25)27-21-28(26-12-5-6-13-29(26)39-2)35(32-27)30(36)22-34(31(37)23-8-3-4-9-23)15-14-33-16-18-40-19-17-33/h5-7,10-13,20,23,28H,3-4,8-9,14-19,21-22H2,1-2H3. The van der Waals surface area contributed by atoms with Crippen molar-refractivity contribution >= 4 is 17.5 Å². The lowest BCUT2D eigenvalue weighted by atomic mass is 9.97. The Hall–Kier alpha value is -3.43. The monoisotopic (exact) mass is 548 g/mol. The van der Waals surface area contributed by atoms with E-state index in [1.54, 1.807) is 24.1 Å². The van der Waals surface area contributed by atoms with Gasteiger partial charge in [-0.15, -0.1) is 0 Å². The Balaban J connectivity index is 1.41. The zero-order valence-electron chi connectivity index (χ0n) is 23.6. The lowest BCUT2D eigenvalue weighted by Crippen LogP contribution is -2.48. The predicted octanol–water partition coefficient (Wildman–Crippen LogP) is 3.73. The van der Waals surface area contributed by atoms with Crippen LogP contribution in [0.2, 0.25) is 0 Å². The molecule has 1 saturated carbocycles. The predicted molar refractivity (Wildman–Crippen MR) is 153 cm³/mol. The van der Waals surface area contributed by atoms with Crippen molar-refractivity contribution in [2.75, 3.05) is 60.2 Å². The second-order valence-corrected chi connectivity index (χ2v) is 10.7. The number of carbonyl (C=O) groups is 2. The van der Waals surface area contributed by atoms with E-state index in [0.29, 0.717) is 31.9 Å². The van der Waals surface area contributed by atoms with Crippen molar-refractivity contribution in [2.45, 2.75) is 38.1 Å². The number of rotatable bonds is 10. The molecule has 0 aromatic heterocycles. The van der Waals surface area contributed by atoms with Gasteiger partial charge in [-0.3, -0.25) is 14.5 Å². The summed E-state index contributed by atoms with van der Waals surface area (Å²) in [5.74, 6) is 1.33. The zero-order valence-corrected chi connectivity index (χ0v) is 23.6. The summed E-state index contributed by atoms with van der Waals surface area (Å²) in [6.45, 7) is 4.33. The average Bonchev–Trinajstić information content (AvgIpc) is 3.71. The van der Waals surface area contributed by atoms with Crippen LogP contribution in [0.4, 0.5) is 0 Å². The lowest BCUT2D eigenvalue weighted by Gasteiger charge is -2.32. The van der Waals surface area contributed by atoms with Crippen molar-refractivity contribution in [1.29, 1.82) is 0 Å².